The maximum Gasteiger partial charge on any atom is 0.237 e. The first-order valence-electron chi connectivity index (χ1n) is 5.86. The number of amides is 1. The molecule has 1 aromatic heterocycles. The highest BCUT2D eigenvalue weighted by atomic mass is 127. The average Bonchev–Trinajstić information content (AvgIpc) is 3.05. The Morgan fingerprint density at radius 3 is 2.78 bits per heavy atom. The number of aromatic nitrogens is 2. The van der Waals surface area contributed by atoms with Crippen molar-refractivity contribution in [2.24, 2.45) is 5.73 Å². The molecular weight excluding hydrogens is 458 g/mol. The quantitative estimate of drug-likeness (QED) is 0.615. The van der Waals surface area contributed by atoms with Crippen molar-refractivity contribution in [1.82, 2.24) is 14.9 Å². The van der Waals surface area contributed by atoms with E-state index >= 15 is 0 Å². The molecule has 1 aliphatic rings. The minimum atomic E-state index is -0.625. The van der Waals surface area contributed by atoms with E-state index in [2.05, 4.69) is 60.0 Å². The third-order valence-electron chi connectivity index (χ3n) is 3.23. The van der Waals surface area contributed by atoms with Crippen LogP contribution in [0.2, 0.25) is 0 Å². The molecule has 1 aliphatic carbocycles. The number of carbonyl (C=O) groups excluding carboxylic acids is 1. The summed E-state index contributed by atoms with van der Waals surface area (Å²) >= 11 is 4.47. The van der Waals surface area contributed by atoms with E-state index in [1.165, 1.54) is 0 Å². The van der Waals surface area contributed by atoms with E-state index in [1.54, 1.807) is 0 Å². The molecule has 0 spiro atoms. The smallest absolute Gasteiger partial charge is 0.237 e. The monoisotopic (exact) mass is 474 g/mol. The van der Waals surface area contributed by atoms with Crippen molar-refractivity contribution >= 4 is 51.1 Å². The first-order chi connectivity index (χ1) is 8.42. The van der Waals surface area contributed by atoms with Crippen LogP contribution in [0.3, 0.4) is 0 Å². The third-order valence-corrected chi connectivity index (χ3v) is 6.18. The molecule has 1 unspecified atom stereocenters. The normalized spacial score (nSPS) is 18.6. The van der Waals surface area contributed by atoms with Gasteiger partial charge in [0.2, 0.25) is 5.91 Å². The van der Waals surface area contributed by atoms with Crippen LogP contribution in [-0.2, 0) is 11.3 Å². The molecule has 2 rings (SSSR count). The van der Waals surface area contributed by atoms with E-state index in [0.717, 1.165) is 26.8 Å². The van der Waals surface area contributed by atoms with Crippen molar-refractivity contribution in [1.29, 1.82) is 0 Å². The molecule has 0 saturated heterocycles. The number of nitrogens with one attached hydrogen (secondary N) is 1. The van der Waals surface area contributed by atoms with Gasteiger partial charge in [-0.05, 0) is 71.4 Å². The van der Waals surface area contributed by atoms with Crippen molar-refractivity contribution in [2.45, 2.75) is 44.3 Å². The Balaban J connectivity index is 2.01. The van der Waals surface area contributed by atoms with Gasteiger partial charge in [-0.3, -0.25) is 4.79 Å². The van der Waals surface area contributed by atoms with E-state index < -0.39 is 5.54 Å². The number of aryl methyl sites for hydroxylation is 1. The lowest BCUT2D eigenvalue weighted by Crippen LogP contribution is -2.54. The van der Waals surface area contributed by atoms with Gasteiger partial charge in [0.05, 0.1) is 11.9 Å². The Labute approximate surface area is 134 Å². The second kappa shape index (κ2) is 5.61. The van der Waals surface area contributed by atoms with Crippen molar-refractivity contribution in [3.05, 3.63) is 13.7 Å². The van der Waals surface area contributed by atoms with Gasteiger partial charge in [-0.25, -0.2) is 4.98 Å². The summed E-state index contributed by atoms with van der Waals surface area (Å²) in [4.78, 5) is 15.9. The Morgan fingerprint density at radius 2 is 2.33 bits per heavy atom. The molecule has 0 radical (unpaired) electrons. The van der Waals surface area contributed by atoms with E-state index in [1.807, 2.05) is 13.3 Å². The number of halogens is 2. The van der Waals surface area contributed by atoms with Crippen LogP contribution in [0, 0.1) is 7.40 Å². The number of nitrogens with two attached hydrogens (primary N) is 1. The highest BCUT2D eigenvalue weighted by molar-refractivity contribution is 14.1. The van der Waals surface area contributed by atoms with Crippen LogP contribution in [0.5, 0.6) is 0 Å². The Bertz CT molecular complexity index is 458. The first kappa shape index (κ1) is 14.5. The maximum atomic E-state index is 11.6. The number of hydrogen-bond acceptors (Lipinski definition) is 3. The molecule has 18 heavy (non-hydrogen) atoms. The summed E-state index contributed by atoms with van der Waals surface area (Å²) < 4.78 is 4.15. The van der Waals surface area contributed by atoms with E-state index in [9.17, 15) is 4.79 Å². The van der Waals surface area contributed by atoms with Gasteiger partial charge in [-0.1, -0.05) is 0 Å². The number of rotatable bonds is 6. The zero-order valence-electron chi connectivity index (χ0n) is 10.1. The molecule has 1 amide bonds. The number of carbonyl (C=O) groups is 1. The van der Waals surface area contributed by atoms with Crippen LogP contribution in [0.25, 0.3) is 0 Å². The fourth-order valence-corrected chi connectivity index (χ4v) is 2.73. The zero-order chi connectivity index (χ0) is 13.3. The fraction of sp³-hybridized carbons (Fsp3) is 0.636. The lowest BCUT2D eigenvalue weighted by molar-refractivity contribution is -0.124. The van der Waals surface area contributed by atoms with Gasteiger partial charge in [0.15, 0.2) is 0 Å². The molecule has 1 heterocycles. The largest absolute Gasteiger partial charge is 0.368 e. The Morgan fingerprint density at radius 1 is 1.67 bits per heavy atom. The maximum absolute atomic E-state index is 11.6. The van der Waals surface area contributed by atoms with Gasteiger partial charge in [0, 0.05) is 12.6 Å². The number of hydrogen-bond donors (Lipinski definition) is 2. The highest BCUT2D eigenvalue weighted by Gasteiger charge is 2.36. The second-order valence-corrected chi connectivity index (χ2v) is 6.93. The predicted molar refractivity (Wildman–Crippen MR) is 86.0 cm³/mol. The molecule has 100 valence electrons. The number of primary amides is 1. The lowest BCUT2D eigenvalue weighted by Gasteiger charge is -2.27. The van der Waals surface area contributed by atoms with Crippen LogP contribution < -0.4 is 11.1 Å². The predicted octanol–water partition coefficient (Wildman–Crippen LogP) is 1.48. The van der Waals surface area contributed by atoms with Crippen molar-refractivity contribution in [3.8, 4) is 0 Å². The molecule has 0 aromatic carbocycles. The summed E-state index contributed by atoms with van der Waals surface area (Å²) in [6, 6.07) is 0.462. The number of nitrogens with zero attached hydrogens (tertiary/aromatic N) is 2. The minimum Gasteiger partial charge on any atom is -0.368 e. The van der Waals surface area contributed by atoms with Gasteiger partial charge in [0.25, 0.3) is 0 Å². The van der Waals surface area contributed by atoms with E-state index in [-0.39, 0.29) is 5.91 Å². The van der Waals surface area contributed by atoms with E-state index in [4.69, 9.17) is 5.73 Å². The second-order valence-electron chi connectivity index (χ2n) is 4.88. The summed E-state index contributed by atoms with van der Waals surface area (Å²) in [6.45, 7) is 2.63. The van der Waals surface area contributed by atoms with Crippen LogP contribution in [-0.4, -0.2) is 27.0 Å². The molecule has 0 bridgehead atoms. The van der Waals surface area contributed by atoms with E-state index in [0.29, 0.717) is 12.5 Å². The van der Waals surface area contributed by atoms with Crippen molar-refractivity contribution in [3.63, 3.8) is 0 Å². The molecule has 1 aromatic rings. The lowest BCUT2D eigenvalue weighted by atomic mass is 9.96. The number of imidazole rings is 1. The van der Waals surface area contributed by atoms with Crippen LogP contribution in [0.1, 0.15) is 26.2 Å². The Kier molecular flexibility index (Phi) is 4.52. The minimum absolute atomic E-state index is 0.278. The molecule has 3 N–H and O–H groups in total. The van der Waals surface area contributed by atoms with Crippen LogP contribution in [0.4, 0.5) is 0 Å². The van der Waals surface area contributed by atoms with Gasteiger partial charge in [-0.2, -0.15) is 0 Å². The van der Waals surface area contributed by atoms with Gasteiger partial charge >= 0.3 is 0 Å². The molecule has 1 atom stereocenters. The molecule has 7 heteroatoms. The average molecular weight is 474 g/mol. The SMILES string of the molecule is CC(CCn1cnc(I)c1I)(NC1CC1)C(N)=O. The summed E-state index contributed by atoms with van der Waals surface area (Å²) in [5, 5.41) is 3.35. The third kappa shape index (κ3) is 3.35. The zero-order valence-corrected chi connectivity index (χ0v) is 14.4. The first-order valence-corrected chi connectivity index (χ1v) is 8.02. The summed E-state index contributed by atoms with van der Waals surface area (Å²) in [5.74, 6) is -0.278. The Hall–Kier alpha value is 0.1000. The topological polar surface area (TPSA) is 72.9 Å². The van der Waals surface area contributed by atoms with Crippen LogP contribution in [0.15, 0.2) is 6.33 Å². The highest BCUT2D eigenvalue weighted by Crippen LogP contribution is 2.24. The fourth-order valence-electron chi connectivity index (χ4n) is 1.79. The van der Waals surface area contributed by atoms with Gasteiger partial charge in [-0.15, -0.1) is 0 Å². The summed E-state index contributed by atoms with van der Waals surface area (Å²) in [5.41, 5.74) is 4.90. The molecule has 1 saturated carbocycles. The summed E-state index contributed by atoms with van der Waals surface area (Å²) in [7, 11) is 0. The van der Waals surface area contributed by atoms with Crippen molar-refractivity contribution in [2.75, 3.05) is 0 Å². The molecule has 0 aliphatic heterocycles. The van der Waals surface area contributed by atoms with Gasteiger partial charge in [0.1, 0.15) is 7.40 Å². The molecular formula is C11H16I2N4O. The molecule has 5 nitrogen and oxygen atoms in total. The van der Waals surface area contributed by atoms with Crippen molar-refractivity contribution < 1.29 is 4.79 Å². The molecule has 1 fully saturated rings. The van der Waals surface area contributed by atoms with Gasteiger partial charge < -0.3 is 15.6 Å². The van der Waals surface area contributed by atoms with Crippen LogP contribution >= 0.6 is 45.2 Å². The standard InChI is InChI=1S/C11H16I2N4O/c1-11(10(14)18,16-7-2-3-7)4-5-17-6-15-8(12)9(17)13/h6-7,16H,2-5H2,1H3,(H2,14,18). The summed E-state index contributed by atoms with van der Waals surface area (Å²) in [6.07, 6.45) is 4.77.